The molecule has 0 bridgehead atoms. The molecule has 1 N–H and O–H groups in total. The Morgan fingerprint density at radius 1 is 1.23 bits per heavy atom. The topological polar surface area (TPSA) is 73.6 Å². The molecule has 0 atom stereocenters. The van der Waals surface area contributed by atoms with Crippen molar-refractivity contribution in [1.29, 1.82) is 0 Å². The molecule has 164 valence electrons. The number of ether oxygens (including phenoxy) is 2. The van der Waals surface area contributed by atoms with Gasteiger partial charge >= 0.3 is 6.09 Å². The first-order chi connectivity index (χ1) is 14.2. The van der Waals surface area contributed by atoms with Gasteiger partial charge in [0.25, 0.3) is 0 Å². The molecule has 0 spiro atoms. The SMILES string of the molecule is COc1ccc(-c2nn(CN3CCC(NC(=O)OC(C)(C)C)CC3)c(=S)n2C)cc1. The molecule has 2 heterocycles. The number of hydrogen-bond acceptors (Lipinski definition) is 6. The van der Waals surface area contributed by atoms with Crippen molar-refractivity contribution in [2.24, 2.45) is 7.05 Å². The van der Waals surface area contributed by atoms with Gasteiger partial charge in [-0.15, -0.1) is 0 Å². The van der Waals surface area contributed by atoms with E-state index in [0.717, 1.165) is 43.1 Å². The molecule has 1 aromatic heterocycles. The minimum Gasteiger partial charge on any atom is -0.497 e. The molecule has 1 aromatic carbocycles. The van der Waals surface area contributed by atoms with Crippen LogP contribution in [0.15, 0.2) is 24.3 Å². The molecule has 1 fully saturated rings. The Morgan fingerprint density at radius 3 is 2.43 bits per heavy atom. The van der Waals surface area contributed by atoms with Crippen LogP contribution in [0, 0.1) is 4.77 Å². The number of carbonyl (C=O) groups is 1. The van der Waals surface area contributed by atoms with E-state index in [-0.39, 0.29) is 12.1 Å². The number of piperidine rings is 1. The second-order valence-corrected chi connectivity index (χ2v) is 8.94. The van der Waals surface area contributed by atoms with Gasteiger partial charge in [0.15, 0.2) is 10.6 Å². The lowest BCUT2D eigenvalue weighted by Gasteiger charge is -2.32. The fraction of sp³-hybridized carbons (Fsp3) is 0.571. The molecule has 0 unspecified atom stereocenters. The van der Waals surface area contributed by atoms with Crippen LogP contribution in [-0.2, 0) is 18.5 Å². The fourth-order valence-electron chi connectivity index (χ4n) is 3.45. The highest BCUT2D eigenvalue weighted by Gasteiger charge is 2.24. The Kier molecular flexibility index (Phi) is 6.82. The van der Waals surface area contributed by atoms with Gasteiger partial charge in [-0.25, -0.2) is 9.48 Å². The van der Waals surface area contributed by atoms with E-state index in [4.69, 9.17) is 26.8 Å². The zero-order chi connectivity index (χ0) is 21.9. The molecule has 1 aliphatic heterocycles. The van der Waals surface area contributed by atoms with Gasteiger partial charge in [0, 0.05) is 31.7 Å². The van der Waals surface area contributed by atoms with Crippen LogP contribution in [0.1, 0.15) is 33.6 Å². The van der Waals surface area contributed by atoms with Crippen molar-refractivity contribution in [2.45, 2.75) is 51.9 Å². The van der Waals surface area contributed by atoms with Gasteiger partial charge in [-0.1, -0.05) is 0 Å². The molecule has 0 radical (unpaired) electrons. The van der Waals surface area contributed by atoms with E-state index in [9.17, 15) is 4.79 Å². The molecular weight excluding hydrogens is 402 g/mol. The van der Waals surface area contributed by atoms with E-state index in [1.807, 2.05) is 61.3 Å². The summed E-state index contributed by atoms with van der Waals surface area (Å²) in [7, 11) is 3.58. The lowest BCUT2D eigenvalue weighted by Crippen LogP contribution is -2.46. The summed E-state index contributed by atoms with van der Waals surface area (Å²) < 4.78 is 15.0. The van der Waals surface area contributed by atoms with Crippen molar-refractivity contribution in [2.75, 3.05) is 20.2 Å². The van der Waals surface area contributed by atoms with Crippen molar-refractivity contribution in [3.05, 3.63) is 29.0 Å². The summed E-state index contributed by atoms with van der Waals surface area (Å²) >= 11 is 5.60. The maximum atomic E-state index is 12.0. The lowest BCUT2D eigenvalue weighted by atomic mass is 10.1. The third kappa shape index (κ3) is 5.60. The molecule has 1 saturated heterocycles. The summed E-state index contributed by atoms with van der Waals surface area (Å²) in [5.41, 5.74) is 0.505. The zero-order valence-electron chi connectivity index (χ0n) is 18.3. The normalized spacial score (nSPS) is 15.8. The van der Waals surface area contributed by atoms with Crippen molar-refractivity contribution >= 4 is 18.3 Å². The Labute approximate surface area is 182 Å². The van der Waals surface area contributed by atoms with Gasteiger partial charge in [0.1, 0.15) is 11.4 Å². The first-order valence-electron chi connectivity index (χ1n) is 10.2. The van der Waals surface area contributed by atoms with Crippen LogP contribution in [0.4, 0.5) is 4.79 Å². The molecule has 1 amide bonds. The molecule has 9 heteroatoms. The van der Waals surface area contributed by atoms with Gasteiger partial charge in [-0.2, -0.15) is 5.10 Å². The molecule has 8 nitrogen and oxygen atoms in total. The first-order valence-corrected chi connectivity index (χ1v) is 10.6. The summed E-state index contributed by atoms with van der Waals surface area (Å²) in [6, 6.07) is 7.92. The number of nitrogens with one attached hydrogen (secondary N) is 1. The van der Waals surface area contributed by atoms with Gasteiger partial charge < -0.3 is 19.4 Å². The minimum absolute atomic E-state index is 0.127. The third-order valence-corrected chi connectivity index (χ3v) is 5.52. The largest absolute Gasteiger partial charge is 0.497 e. The highest BCUT2D eigenvalue weighted by atomic mass is 32.1. The molecule has 2 aromatic rings. The molecule has 0 aliphatic carbocycles. The Hall–Kier alpha value is -2.39. The van der Waals surface area contributed by atoms with Gasteiger partial charge in [-0.05, 0) is 70.1 Å². The number of methoxy groups -OCH3 is 1. The number of alkyl carbamates (subject to hydrolysis) is 1. The second kappa shape index (κ2) is 9.18. The predicted octanol–water partition coefficient (Wildman–Crippen LogP) is 3.57. The monoisotopic (exact) mass is 433 g/mol. The van der Waals surface area contributed by atoms with E-state index in [1.165, 1.54) is 0 Å². The molecule has 3 rings (SSSR count). The van der Waals surface area contributed by atoms with E-state index in [1.54, 1.807) is 7.11 Å². The summed E-state index contributed by atoms with van der Waals surface area (Å²) in [6.45, 7) is 7.94. The van der Waals surface area contributed by atoms with Crippen molar-refractivity contribution < 1.29 is 14.3 Å². The average Bonchev–Trinajstić information content (AvgIpc) is 2.96. The van der Waals surface area contributed by atoms with Gasteiger partial charge in [-0.3, -0.25) is 4.90 Å². The summed E-state index contributed by atoms with van der Waals surface area (Å²) in [5, 5.41) is 7.71. The first kappa shape index (κ1) is 22.3. The van der Waals surface area contributed by atoms with Crippen molar-refractivity contribution in [1.82, 2.24) is 24.6 Å². The van der Waals surface area contributed by atoms with Crippen LogP contribution < -0.4 is 10.1 Å². The second-order valence-electron chi connectivity index (χ2n) is 8.57. The van der Waals surface area contributed by atoms with Gasteiger partial charge in [0.05, 0.1) is 13.8 Å². The standard InChI is InChI=1S/C21H31N5O3S/c1-21(2,3)29-19(27)22-16-10-12-25(13-11-16)14-26-20(30)24(4)18(23-26)15-6-8-17(28-5)9-7-15/h6-9,16H,10-14H2,1-5H3,(H,22,27). The summed E-state index contributed by atoms with van der Waals surface area (Å²) in [5.74, 6) is 1.63. The number of amides is 1. The highest BCUT2D eigenvalue weighted by Crippen LogP contribution is 2.21. The van der Waals surface area contributed by atoms with Crippen LogP contribution in [0.25, 0.3) is 11.4 Å². The smallest absolute Gasteiger partial charge is 0.407 e. The number of rotatable bonds is 5. The van der Waals surface area contributed by atoms with Gasteiger partial charge in [0.2, 0.25) is 0 Å². The number of hydrogen-bond donors (Lipinski definition) is 1. The van der Waals surface area contributed by atoms with Crippen LogP contribution in [0.5, 0.6) is 5.75 Å². The average molecular weight is 434 g/mol. The number of benzene rings is 1. The van der Waals surface area contributed by atoms with E-state index >= 15 is 0 Å². The van der Waals surface area contributed by atoms with E-state index < -0.39 is 5.60 Å². The molecule has 30 heavy (non-hydrogen) atoms. The van der Waals surface area contributed by atoms with Crippen LogP contribution in [-0.4, -0.2) is 57.2 Å². The number of nitrogens with zero attached hydrogens (tertiary/aromatic N) is 4. The van der Waals surface area contributed by atoms with Crippen LogP contribution >= 0.6 is 12.2 Å². The maximum Gasteiger partial charge on any atom is 0.407 e. The van der Waals surface area contributed by atoms with Crippen LogP contribution in [0.3, 0.4) is 0 Å². The summed E-state index contributed by atoms with van der Waals surface area (Å²) in [4.78, 5) is 14.3. The molecule has 0 saturated carbocycles. The highest BCUT2D eigenvalue weighted by molar-refractivity contribution is 7.71. The quantitative estimate of drug-likeness (QED) is 0.727. The van der Waals surface area contributed by atoms with E-state index in [2.05, 4.69) is 10.2 Å². The minimum atomic E-state index is -0.484. The van der Waals surface area contributed by atoms with Crippen molar-refractivity contribution in [3.8, 4) is 17.1 Å². The summed E-state index contributed by atoms with van der Waals surface area (Å²) in [6.07, 6.45) is 1.38. The van der Waals surface area contributed by atoms with Crippen LogP contribution in [0.2, 0.25) is 0 Å². The molecule has 1 aliphatic rings. The van der Waals surface area contributed by atoms with Crippen molar-refractivity contribution in [3.63, 3.8) is 0 Å². The Morgan fingerprint density at radius 2 is 1.87 bits per heavy atom. The fourth-order valence-corrected chi connectivity index (χ4v) is 3.64. The zero-order valence-corrected chi connectivity index (χ0v) is 19.2. The lowest BCUT2D eigenvalue weighted by molar-refractivity contribution is 0.0470. The molecular formula is C21H31N5O3S. The predicted molar refractivity (Wildman–Crippen MR) is 118 cm³/mol. The number of carbonyl (C=O) groups excluding carboxylic acids is 1. The Balaban J connectivity index is 1.59. The number of likely N-dealkylation sites (tertiary alicyclic amines) is 1. The number of aromatic nitrogens is 3. The van der Waals surface area contributed by atoms with E-state index in [0.29, 0.717) is 11.4 Å². The Bertz CT molecular complexity index is 922. The maximum absolute atomic E-state index is 12.0. The third-order valence-electron chi connectivity index (χ3n) is 5.03.